The normalized spacial score (nSPS) is 11.1. The van der Waals surface area contributed by atoms with Crippen molar-refractivity contribution >= 4 is 28.3 Å². The molecule has 3 rings (SSSR count). The minimum Gasteiger partial charge on any atom is -0.497 e. The van der Waals surface area contributed by atoms with Crippen molar-refractivity contribution in [3.8, 4) is 23.2 Å². The summed E-state index contributed by atoms with van der Waals surface area (Å²) in [6, 6.07) is 14.7. The Morgan fingerprint density at radius 1 is 1.32 bits per heavy atom. The molecule has 1 aromatic heterocycles. The van der Waals surface area contributed by atoms with Gasteiger partial charge in [-0.2, -0.15) is 10.4 Å². The minimum atomic E-state index is -0.385. The number of hydrazone groups is 1. The highest BCUT2D eigenvalue weighted by atomic mass is 16.5. The van der Waals surface area contributed by atoms with Crippen LogP contribution < -0.4 is 15.9 Å². The SMILES string of the molecule is COc1ccc2nc(-c3ccc(N/N=C(\C#N)C(=N)N)cc3)[nH]c2c1. The monoisotopic (exact) mass is 333 g/mol. The molecule has 25 heavy (non-hydrogen) atoms. The average Bonchev–Trinajstić information content (AvgIpc) is 3.05. The summed E-state index contributed by atoms with van der Waals surface area (Å²) < 4.78 is 5.21. The van der Waals surface area contributed by atoms with Crippen LogP contribution in [0.4, 0.5) is 5.69 Å². The lowest BCUT2D eigenvalue weighted by molar-refractivity contribution is 0.415. The van der Waals surface area contributed by atoms with Gasteiger partial charge < -0.3 is 15.5 Å². The predicted molar refractivity (Wildman–Crippen MR) is 96.7 cm³/mol. The van der Waals surface area contributed by atoms with Crippen molar-refractivity contribution in [2.45, 2.75) is 0 Å². The Bertz CT molecular complexity index is 996. The number of anilines is 1. The Morgan fingerprint density at radius 3 is 2.72 bits per heavy atom. The molecule has 2 aromatic carbocycles. The van der Waals surface area contributed by atoms with E-state index in [1.165, 1.54) is 0 Å². The molecule has 0 spiro atoms. The molecular formula is C17H15N7O. The molecule has 0 fully saturated rings. The van der Waals surface area contributed by atoms with Crippen molar-refractivity contribution < 1.29 is 4.74 Å². The fourth-order valence-corrected chi connectivity index (χ4v) is 2.22. The Balaban J connectivity index is 1.83. The summed E-state index contributed by atoms with van der Waals surface area (Å²) >= 11 is 0. The van der Waals surface area contributed by atoms with Gasteiger partial charge in [0, 0.05) is 11.6 Å². The second kappa shape index (κ2) is 6.72. The highest BCUT2D eigenvalue weighted by Gasteiger charge is 2.07. The fraction of sp³-hybridized carbons (Fsp3) is 0.0588. The molecule has 0 aliphatic rings. The van der Waals surface area contributed by atoms with Gasteiger partial charge >= 0.3 is 0 Å². The number of nitrogens with zero attached hydrogens (tertiary/aromatic N) is 3. The molecule has 0 saturated heterocycles. The molecule has 8 heteroatoms. The van der Waals surface area contributed by atoms with Crippen LogP contribution in [0, 0.1) is 16.7 Å². The topological polar surface area (TPSA) is 136 Å². The zero-order valence-electron chi connectivity index (χ0n) is 13.4. The van der Waals surface area contributed by atoms with Gasteiger partial charge in [0.15, 0.2) is 5.84 Å². The first kappa shape index (κ1) is 16.0. The number of benzene rings is 2. The van der Waals surface area contributed by atoms with Crippen molar-refractivity contribution in [2.75, 3.05) is 12.5 Å². The van der Waals surface area contributed by atoms with Crippen LogP contribution in [0.3, 0.4) is 0 Å². The van der Waals surface area contributed by atoms with Crippen LogP contribution in [0.15, 0.2) is 47.6 Å². The zero-order chi connectivity index (χ0) is 17.8. The van der Waals surface area contributed by atoms with Gasteiger partial charge in [-0.3, -0.25) is 10.8 Å². The molecule has 124 valence electrons. The Kier molecular flexibility index (Phi) is 4.30. The van der Waals surface area contributed by atoms with E-state index >= 15 is 0 Å². The molecule has 5 N–H and O–H groups in total. The van der Waals surface area contributed by atoms with Crippen LogP contribution in [0.1, 0.15) is 0 Å². The van der Waals surface area contributed by atoms with E-state index in [-0.39, 0.29) is 11.5 Å². The number of imidazole rings is 1. The van der Waals surface area contributed by atoms with Crippen LogP contribution in [-0.2, 0) is 0 Å². The van der Waals surface area contributed by atoms with Crippen LogP contribution >= 0.6 is 0 Å². The summed E-state index contributed by atoms with van der Waals surface area (Å²) in [5, 5.41) is 19.8. The third-order valence-corrected chi connectivity index (χ3v) is 3.51. The summed E-state index contributed by atoms with van der Waals surface area (Å²) in [5.41, 5.74) is 11.1. The number of aromatic amines is 1. The van der Waals surface area contributed by atoms with Crippen molar-refractivity contribution in [3.05, 3.63) is 42.5 Å². The first-order valence-electron chi connectivity index (χ1n) is 7.33. The van der Waals surface area contributed by atoms with E-state index in [1.54, 1.807) is 25.3 Å². The highest BCUT2D eigenvalue weighted by Crippen LogP contribution is 2.24. The first-order valence-corrected chi connectivity index (χ1v) is 7.33. The molecule has 8 nitrogen and oxygen atoms in total. The van der Waals surface area contributed by atoms with Gasteiger partial charge in [-0.05, 0) is 36.4 Å². The third kappa shape index (κ3) is 3.40. The number of H-pyrrole nitrogens is 1. The Morgan fingerprint density at radius 2 is 2.08 bits per heavy atom. The number of rotatable bonds is 5. The van der Waals surface area contributed by atoms with Crippen molar-refractivity contribution in [2.24, 2.45) is 10.8 Å². The highest BCUT2D eigenvalue weighted by molar-refractivity contribution is 6.45. The number of hydrogen-bond acceptors (Lipinski definition) is 6. The van der Waals surface area contributed by atoms with Gasteiger partial charge in [-0.25, -0.2) is 4.98 Å². The third-order valence-electron chi connectivity index (χ3n) is 3.51. The second-order valence-electron chi connectivity index (χ2n) is 5.14. The van der Waals surface area contributed by atoms with Crippen molar-refractivity contribution in [1.82, 2.24) is 9.97 Å². The van der Waals surface area contributed by atoms with Gasteiger partial charge in [-0.1, -0.05) is 0 Å². The van der Waals surface area contributed by atoms with E-state index in [9.17, 15) is 0 Å². The maximum absolute atomic E-state index is 8.81. The Hall–Kier alpha value is -3.86. The van der Waals surface area contributed by atoms with Crippen LogP contribution in [-0.4, -0.2) is 28.6 Å². The van der Waals surface area contributed by atoms with Crippen LogP contribution in [0.25, 0.3) is 22.4 Å². The smallest absolute Gasteiger partial charge is 0.201 e. The van der Waals surface area contributed by atoms with Crippen molar-refractivity contribution in [3.63, 3.8) is 0 Å². The minimum absolute atomic E-state index is 0.171. The second-order valence-corrected chi connectivity index (χ2v) is 5.14. The number of methoxy groups -OCH3 is 1. The number of nitrogens with one attached hydrogen (secondary N) is 3. The summed E-state index contributed by atoms with van der Waals surface area (Å²) in [6.45, 7) is 0. The lowest BCUT2D eigenvalue weighted by Crippen LogP contribution is -2.21. The van der Waals surface area contributed by atoms with E-state index in [0.29, 0.717) is 5.69 Å². The van der Waals surface area contributed by atoms with E-state index in [1.807, 2.05) is 30.3 Å². The first-order chi connectivity index (χ1) is 12.1. The van der Waals surface area contributed by atoms with Gasteiger partial charge in [-0.15, -0.1) is 0 Å². The maximum Gasteiger partial charge on any atom is 0.201 e. The molecule has 0 aliphatic carbocycles. The average molecular weight is 333 g/mol. The van der Waals surface area contributed by atoms with Gasteiger partial charge in [0.05, 0.1) is 23.8 Å². The largest absolute Gasteiger partial charge is 0.497 e. The fourth-order valence-electron chi connectivity index (χ4n) is 2.22. The summed E-state index contributed by atoms with van der Waals surface area (Å²) in [7, 11) is 1.62. The van der Waals surface area contributed by atoms with Gasteiger partial charge in [0.25, 0.3) is 0 Å². The van der Waals surface area contributed by atoms with Crippen LogP contribution in [0.2, 0.25) is 0 Å². The van der Waals surface area contributed by atoms with Crippen molar-refractivity contribution in [1.29, 1.82) is 10.7 Å². The lowest BCUT2D eigenvalue weighted by atomic mass is 10.2. The van der Waals surface area contributed by atoms with E-state index in [4.69, 9.17) is 21.1 Å². The van der Waals surface area contributed by atoms with Gasteiger partial charge in [0.2, 0.25) is 5.71 Å². The Labute approximate surface area is 143 Å². The number of amidine groups is 1. The molecule has 0 radical (unpaired) electrons. The molecule has 0 aliphatic heterocycles. The van der Waals surface area contributed by atoms with E-state index in [2.05, 4.69) is 20.5 Å². The quantitative estimate of drug-likeness (QED) is 0.323. The maximum atomic E-state index is 8.81. The molecule has 0 amide bonds. The van der Waals surface area contributed by atoms with E-state index in [0.717, 1.165) is 28.2 Å². The molecular weight excluding hydrogens is 318 g/mol. The molecule has 1 heterocycles. The molecule has 0 bridgehead atoms. The number of nitrogens with two attached hydrogens (primary N) is 1. The lowest BCUT2D eigenvalue weighted by Gasteiger charge is -2.02. The number of ether oxygens (including phenoxy) is 1. The number of nitriles is 1. The zero-order valence-corrected chi connectivity index (χ0v) is 13.4. The summed E-state index contributed by atoms with van der Waals surface area (Å²) in [5.74, 6) is 1.11. The number of hydrogen-bond donors (Lipinski definition) is 4. The standard InChI is InChI=1S/C17H15N7O/c1-25-12-6-7-13-14(8-12)22-17(21-13)10-2-4-11(5-3-10)23-24-15(9-18)16(19)20/h2-8,23H,1H3,(H3,19,20)(H,21,22)/b24-15+. The van der Waals surface area contributed by atoms with Crippen LogP contribution in [0.5, 0.6) is 5.75 Å². The predicted octanol–water partition coefficient (Wildman–Crippen LogP) is 2.47. The summed E-state index contributed by atoms with van der Waals surface area (Å²) in [6.07, 6.45) is 0. The van der Waals surface area contributed by atoms with Gasteiger partial charge in [0.1, 0.15) is 17.6 Å². The molecule has 3 aromatic rings. The molecule has 0 saturated carbocycles. The number of fused-ring (bicyclic) bond motifs is 1. The summed E-state index contributed by atoms with van der Waals surface area (Å²) in [4.78, 5) is 7.81. The number of aromatic nitrogens is 2. The molecule has 0 atom stereocenters. The van der Waals surface area contributed by atoms with E-state index < -0.39 is 0 Å². The molecule has 0 unspecified atom stereocenters.